The average Bonchev–Trinajstić information content (AvgIpc) is 2.32. The molecule has 1 N–H and O–H groups in total. The first-order valence-corrected chi connectivity index (χ1v) is 6.95. The van der Waals surface area contributed by atoms with Crippen molar-refractivity contribution in [3.05, 3.63) is 29.8 Å². The molecule has 0 fully saturated rings. The zero-order valence-electron chi connectivity index (χ0n) is 10.2. The maximum atomic E-state index is 13.3. The summed E-state index contributed by atoms with van der Waals surface area (Å²) in [5, 5.41) is 0. The molecular formula is C11H13F2NO4S. The highest BCUT2D eigenvalue weighted by Crippen LogP contribution is 2.15. The molecule has 0 heterocycles. The van der Waals surface area contributed by atoms with Crippen LogP contribution in [0.1, 0.15) is 13.3 Å². The van der Waals surface area contributed by atoms with E-state index < -0.39 is 32.5 Å². The van der Waals surface area contributed by atoms with Gasteiger partial charge in [0.15, 0.2) is 0 Å². The summed E-state index contributed by atoms with van der Waals surface area (Å²) in [7, 11) is -4.20. The van der Waals surface area contributed by atoms with Crippen LogP contribution in [0.2, 0.25) is 0 Å². The van der Waals surface area contributed by atoms with Gasteiger partial charge in [-0.1, -0.05) is 0 Å². The van der Waals surface area contributed by atoms with Crippen molar-refractivity contribution < 1.29 is 26.7 Å². The number of carbonyl (C=O) groups excluding carboxylic acids is 1. The van der Waals surface area contributed by atoms with Gasteiger partial charge in [-0.25, -0.2) is 21.9 Å². The predicted molar refractivity (Wildman–Crippen MR) is 62.8 cm³/mol. The van der Waals surface area contributed by atoms with Crippen LogP contribution in [0.5, 0.6) is 0 Å². The Morgan fingerprint density at radius 1 is 1.37 bits per heavy atom. The fourth-order valence-electron chi connectivity index (χ4n) is 1.28. The minimum atomic E-state index is -4.20. The third-order valence-corrected chi connectivity index (χ3v) is 3.59. The predicted octanol–water partition coefficient (Wildman–Crippen LogP) is 1.20. The first kappa shape index (κ1) is 15.5. The molecular weight excluding hydrogens is 280 g/mol. The van der Waals surface area contributed by atoms with Gasteiger partial charge in [-0.3, -0.25) is 4.79 Å². The zero-order valence-corrected chi connectivity index (χ0v) is 11.0. The van der Waals surface area contributed by atoms with E-state index in [0.29, 0.717) is 6.07 Å². The van der Waals surface area contributed by atoms with E-state index in [9.17, 15) is 22.0 Å². The standard InChI is InChI=1S/C11H13F2NO4S/c1-2-18-11(15)5-6-14-19(16,17)10-7-8(12)3-4-9(10)13/h3-4,7,14H,2,5-6H2,1H3. The third kappa shape index (κ3) is 4.56. The molecule has 1 rings (SSSR count). The van der Waals surface area contributed by atoms with E-state index in [0.717, 1.165) is 12.1 Å². The van der Waals surface area contributed by atoms with Crippen LogP contribution in [-0.2, 0) is 19.6 Å². The van der Waals surface area contributed by atoms with Crippen molar-refractivity contribution in [2.45, 2.75) is 18.2 Å². The first-order valence-electron chi connectivity index (χ1n) is 5.47. The first-order chi connectivity index (χ1) is 8.86. The van der Waals surface area contributed by atoms with Crippen LogP contribution in [0.3, 0.4) is 0 Å². The molecule has 0 saturated carbocycles. The van der Waals surface area contributed by atoms with E-state index in [1.165, 1.54) is 0 Å². The molecule has 0 aliphatic heterocycles. The van der Waals surface area contributed by atoms with Crippen molar-refractivity contribution in [2.75, 3.05) is 13.2 Å². The van der Waals surface area contributed by atoms with Gasteiger partial charge in [0.25, 0.3) is 0 Å². The lowest BCUT2D eigenvalue weighted by atomic mass is 10.3. The molecule has 0 unspecified atom stereocenters. The fourth-order valence-corrected chi connectivity index (χ4v) is 2.40. The lowest BCUT2D eigenvalue weighted by Gasteiger charge is -2.07. The minimum Gasteiger partial charge on any atom is -0.466 e. The zero-order chi connectivity index (χ0) is 14.5. The SMILES string of the molecule is CCOC(=O)CCNS(=O)(=O)c1cc(F)ccc1F. The van der Waals surface area contributed by atoms with Crippen LogP contribution >= 0.6 is 0 Å². The highest BCUT2D eigenvalue weighted by molar-refractivity contribution is 7.89. The van der Waals surface area contributed by atoms with Gasteiger partial charge in [0.2, 0.25) is 10.0 Å². The van der Waals surface area contributed by atoms with Gasteiger partial charge >= 0.3 is 5.97 Å². The van der Waals surface area contributed by atoms with E-state index in [2.05, 4.69) is 4.74 Å². The van der Waals surface area contributed by atoms with Gasteiger partial charge in [-0.2, -0.15) is 0 Å². The van der Waals surface area contributed by atoms with Crippen molar-refractivity contribution in [3.8, 4) is 0 Å². The van der Waals surface area contributed by atoms with Crippen LogP contribution < -0.4 is 4.72 Å². The molecule has 0 atom stereocenters. The molecule has 19 heavy (non-hydrogen) atoms. The quantitative estimate of drug-likeness (QED) is 0.800. The van der Waals surface area contributed by atoms with Gasteiger partial charge in [0.1, 0.15) is 16.5 Å². The topological polar surface area (TPSA) is 72.5 Å². The summed E-state index contributed by atoms with van der Waals surface area (Å²) >= 11 is 0. The maximum absolute atomic E-state index is 13.3. The van der Waals surface area contributed by atoms with E-state index in [4.69, 9.17) is 0 Å². The van der Waals surface area contributed by atoms with Crippen LogP contribution in [0.15, 0.2) is 23.1 Å². The van der Waals surface area contributed by atoms with Gasteiger partial charge in [0, 0.05) is 6.54 Å². The summed E-state index contributed by atoms with van der Waals surface area (Å²) in [6, 6.07) is 2.10. The molecule has 5 nitrogen and oxygen atoms in total. The van der Waals surface area contributed by atoms with E-state index in [1.54, 1.807) is 6.92 Å². The van der Waals surface area contributed by atoms with Crippen molar-refractivity contribution >= 4 is 16.0 Å². The highest BCUT2D eigenvalue weighted by atomic mass is 32.2. The summed E-state index contributed by atoms with van der Waals surface area (Å²) in [6.07, 6.45) is -0.190. The smallest absolute Gasteiger partial charge is 0.307 e. The molecule has 1 aromatic carbocycles. The summed E-state index contributed by atoms with van der Waals surface area (Å²) in [5.74, 6) is -2.51. The van der Waals surface area contributed by atoms with E-state index in [1.807, 2.05) is 4.72 Å². The second-order valence-corrected chi connectivity index (χ2v) is 5.26. The largest absolute Gasteiger partial charge is 0.466 e. The number of esters is 1. The number of hydrogen-bond acceptors (Lipinski definition) is 4. The van der Waals surface area contributed by atoms with Crippen LogP contribution in [0, 0.1) is 11.6 Å². The molecule has 0 aliphatic rings. The number of hydrogen-bond donors (Lipinski definition) is 1. The normalized spacial score (nSPS) is 11.3. The number of nitrogens with one attached hydrogen (secondary N) is 1. The molecule has 0 bridgehead atoms. The van der Waals surface area contributed by atoms with Crippen LogP contribution in [0.25, 0.3) is 0 Å². The minimum absolute atomic E-state index is 0.185. The van der Waals surface area contributed by atoms with Crippen molar-refractivity contribution in [2.24, 2.45) is 0 Å². The Kier molecular flexibility index (Phi) is 5.37. The number of carbonyl (C=O) groups is 1. The molecule has 0 saturated heterocycles. The summed E-state index contributed by atoms with van der Waals surface area (Å²) in [5.41, 5.74) is 0. The second-order valence-electron chi connectivity index (χ2n) is 3.53. The number of halogens is 2. The Bertz CT molecular complexity index is 560. The molecule has 8 heteroatoms. The summed E-state index contributed by atoms with van der Waals surface area (Å²) in [4.78, 5) is 10.2. The summed E-state index contributed by atoms with van der Waals surface area (Å²) < 4.78 is 56.1. The molecule has 0 aliphatic carbocycles. The monoisotopic (exact) mass is 293 g/mol. The molecule has 106 valence electrons. The van der Waals surface area contributed by atoms with Crippen molar-refractivity contribution in [3.63, 3.8) is 0 Å². The lowest BCUT2D eigenvalue weighted by molar-refractivity contribution is -0.142. The summed E-state index contributed by atoms with van der Waals surface area (Å²) in [6.45, 7) is 1.55. The molecule has 0 radical (unpaired) electrons. The van der Waals surface area contributed by atoms with Crippen molar-refractivity contribution in [1.82, 2.24) is 4.72 Å². The van der Waals surface area contributed by atoms with Crippen molar-refractivity contribution in [1.29, 1.82) is 0 Å². The lowest BCUT2D eigenvalue weighted by Crippen LogP contribution is -2.27. The molecule has 0 aromatic heterocycles. The van der Waals surface area contributed by atoms with Gasteiger partial charge in [-0.15, -0.1) is 0 Å². The molecule has 0 spiro atoms. The number of benzene rings is 1. The van der Waals surface area contributed by atoms with Gasteiger partial charge in [-0.05, 0) is 25.1 Å². The maximum Gasteiger partial charge on any atom is 0.307 e. The van der Waals surface area contributed by atoms with E-state index in [-0.39, 0.29) is 19.6 Å². The average molecular weight is 293 g/mol. The van der Waals surface area contributed by atoms with Crippen LogP contribution in [0.4, 0.5) is 8.78 Å². The van der Waals surface area contributed by atoms with Gasteiger partial charge < -0.3 is 4.74 Å². The number of rotatable bonds is 6. The van der Waals surface area contributed by atoms with E-state index >= 15 is 0 Å². The number of ether oxygens (including phenoxy) is 1. The Morgan fingerprint density at radius 3 is 2.68 bits per heavy atom. The molecule has 1 aromatic rings. The highest BCUT2D eigenvalue weighted by Gasteiger charge is 2.19. The Hall–Kier alpha value is -1.54. The van der Waals surface area contributed by atoms with Gasteiger partial charge in [0.05, 0.1) is 13.0 Å². The Balaban J connectivity index is 2.71. The fraction of sp³-hybridized carbons (Fsp3) is 0.364. The Labute approximate surface area is 109 Å². The Morgan fingerprint density at radius 2 is 2.05 bits per heavy atom. The second kappa shape index (κ2) is 6.58. The number of sulfonamides is 1. The molecule has 0 amide bonds. The van der Waals surface area contributed by atoms with Crippen LogP contribution in [-0.4, -0.2) is 27.5 Å². The third-order valence-electron chi connectivity index (χ3n) is 2.11.